The fourth-order valence-corrected chi connectivity index (χ4v) is 3.76. The molecule has 4 rings (SSSR count). The average Bonchev–Trinajstić information content (AvgIpc) is 3.15. The lowest BCUT2D eigenvalue weighted by atomic mass is 10.1. The summed E-state index contributed by atoms with van der Waals surface area (Å²) in [5, 5.41) is 8.09. The van der Waals surface area contributed by atoms with E-state index >= 15 is 0 Å². The molecule has 0 unspecified atom stereocenters. The van der Waals surface area contributed by atoms with Gasteiger partial charge in [0.2, 0.25) is 21.9 Å². The molecule has 3 heterocycles. The minimum Gasteiger partial charge on any atom is -0.364 e. The van der Waals surface area contributed by atoms with Crippen LogP contribution in [0.3, 0.4) is 0 Å². The van der Waals surface area contributed by atoms with E-state index in [1.165, 1.54) is 19.4 Å². The van der Waals surface area contributed by atoms with E-state index in [1.807, 2.05) is 0 Å². The molecule has 0 atom stereocenters. The third-order valence-corrected chi connectivity index (χ3v) is 6.22. The number of rotatable bonds is 7. The van der Waals surface area contributed by atoms with E-state index in [-0.39, 0.29) is 36.3 Å². The van der Waals surface area contributed by atoms with Gasteiger partial charge in [0.25, 0.3) is 0 Å². The molecule has 0 fully saturated rings. The van der Waals surface area contributed by atoms with Crippen LogP contribution >= 0.6 is 0 Å². The highest BCUT2D eigenvalue weighted by molar-refractivity contribution is 7.92. The lowest BCUT2D eigenvalue weighted by Gasteiger charge is -2.19. The number of alkyl halides is 3. The molecule has 1 aliphatic rings. The number of aromatic nitrogens is 4. The van der Waals surface area contributed by atoms with Crippen LogP contribution in [0.4, 0.5) is 42.1 Å². The van der Waals surface area contributed by atoms with Gasteiger partial charge in [-0.25, -0.2) is 18.4 Å². The molecule has 0 spiro atoms. The van der Waals surface area contributed by atoms with Gasteiger partial charge < -0.3 is 16.0 Å². The van der Waals surface area contributed by atoms with Crippen LogP contribution in [0.1, 0.15) is 16.8 Å². The van der Waals surface area contributed by atoms with Gasteiger partial charge in [-0.3, -0.25) is 14.1 Å². The molecule has 35 heavy (non-hydrogen) atoms. The predicted molar refractivity (Wildman–Crippen MR) is 122 cm³/mol. The number of fused-ring (bicyclic) bond motifs is 1. The molecule has 0 bridgehead atoms. The van der Waals surface area contributed by atoms with E-state index in [4.69, 9.17) is 0 Å². The first-order chi connectivity index (χ1) is 16.4. The molecule has 11 nitrogen and oxygen atoms in total. The van der Waals surface area contributed by atoms with Crippen LogP contribution in [0.2, 0.25) is 0 Å². The van der Waals surface area contributed by atoms with Crippen LogP contribution < -0.4 is 20.3 Å². The molecule has 1 amide bonds. The Labute approximate surface area is 197 Å². The number of halogens is 3. The first-order valence-electron chi connectivity index (χ1n) is 10.0. The van der Waals surface area contributed by atoms with E-state index in [1.54, 1.807) is 18.2 Å². The SMILES string of the molecule is CN(c1nccnc1CNc1nc(Nc2ccc3c(c2)CC(=O)N3)ncc1C(F)(F)F)S(C)(=O)=O. The zero-order valence-corrected chi connectivity index (χ0v) is 19.2. The highest BCUT2D eigenvalue weighted by atomic mass is 32.2. The molecule has 0 aliphatic carbocycles. The monoisotopic (exact) mass is 508 g/mol. The fourth-order valence-electron chi connectivity index (χ4n) is 3.29. The summed E-state index contributed by atoms with van der Waals surface area (Å²) in [7, 11) is -2.42. The van der Waals surface area contributed by atoms with Gasteiger partial charge in [-0.05, 0) is 23.8 Å². The maximum atomic E-state index is 13.6. The molecule has 0 radical (unpaired) electrons. The lowest BCUT2D eigenvalue weighted by Crippen LogP contribution is -2.27. The number of benzene rings is 1. The molecule has 3 N–H and O–H groups in total. The van der Waals surface area contributed by atoms with Crippen molar-refractivity contribution in [2.75, 3.05) is 33.6 Å². The second-order valence-electron chi connectivity index (χ2n) is 7.59. The fraction of sp³-hybridized carbons (Fsp3) is 0.250. The number of anilines is 5. The topological polar surface area (TPSA) is 142 Å². The van der Waals surface area contributed by atoms with Crippen molar-refractivity contribution in [2.45, 2.75) is 19.1 Å². The van der Waals surface area contributed by atoms with Crippen molar-refractivity contribution < 1.29 is 26.4 Å². The number of nitrogens with one attached hydrogen (secondary N) is 3. The van der Waals surface area contributed by atoms with E-state index in [2.05, 4.69) is 35.9 Å². The summed E-state index contributed by atoms with van der Waals surface area (Å²) in [5.41, 5.74) is 0.855. The first-order valence-corrected chi connectivity index (χ1v) is 11.9. The Morgan fingerprint density at radius 3 is 2.63 bits per heavy atom. The molecule has 15 heteroatoms. The van der Waals surface area contributed by atoms with Crippen LogP contribution in [0.25, 0.3) is 0 Å². The maximum Gasteiger partial charge on any atom is 0.421 e. The Bertz CT molecular complexity index is 1400. The number of amides is 1. The average molecular weight is 508 g/mol. The number of hydrogen-bond acceptors (Lipinski definition) is 9. The summed E-state index contributed by atoms with van der Waals surface area (Å²) in [5.74, 6) is -0.846. The van der Waals surface area contributed by atoms with Crippen LogP contribution in [-0.4, -0.2) is 47.6 Å². The Balaban J connectivity index is 1.61. The van der Waals surface area contributed by atoms with E-state index in [9.17, 15) is 26.4 Å². The second kappa shape index (κ2) is 8.98. The third kappa shape index (κ3) is 5.40. The molecular weight excluding hydrogens is 489 g/mol. The number of carbonyl (C=O) groups is 1. The maximum absolute atomic E-state index is 13.6. The van der Waals surface area contributed by atoms with Crippen molar-refractivity contribution in [1.29, 1.82) is 0 Å². The Morgan fingerprint density at radius 2 is 1.91 bits per heavy atom. The lowest BCUT2D eigenvalue weighted by molar-refractivity contribution is -0.137. The first kappa shape index (κ1) is 24.1. The molecule has 0 saturated heterocycles. The third-order valence-electron chi connectivity index (χ3n) is 5.05. The van der Waals surface area contributed by atoms with Crippen molar-refractivity contribution in [3.8, 4) is 0 Å². The molecule has 3 aromatic rings. The number of nitrogens with zero attached hydrogens (tertiary/aromatic N) is 5. The summed E-state index contributed by atoms with van der Waals surface area (Å²) in [4.78, 5) is 27.3. The van der Waals surface area contributed by atoms with Gasteiger partial charge in [-0.1, -0.05) is 0 Å². The van der Waals surface area contributed by atoms with Crippen LogP contribution in [0.15, 0.2) is 36.8 Å². The van der Waals surface area contributed by atoms with Crippen LogP contribution in [0, 0.1) is 0 Å². The molecular formula is C20H19F3N8O3S. The van der Waals surface area contributed by atoms with E-state index in [0.717, 1.165) is 16.1 Å². The highest BCUT2D eigenvalue weighted by Gasteiger charge is 2.35. The van der Waals surface area contributed by atoms with Crippen molar-refractivity contribution in [3.05, 3.63) is 53.6 Å². The van der Waals surface area contributed by atoms with E-state index < -0.39 is 27.6 Å². The largest absolute Gasteiger partial charge is 0.421 e. The van der Waals surface area contributed by atoms with Gasteiger partial charge in [0.1, 0.15) is 17.1 Å². The zero-order valence-electron chi connectivity index (χ0n) is 18.4. The standard InChI is InChI=1S/C20H19F3N8O3S/c1-31(35(2,33)34)18-15(24-5-6-25-18)10-26-17-13(20(21,22)23)9-27-19(30-17)28-12-3-4-14-11(7-12)8-16(32)29-14/h3-7,9H,8,10H2,1-2H3,(H,29,32)(H2,26,27,28,30). The van der Waals surface area contributed by atoms with Gasteiger partial charge in [-0.15, -0.1) is 0 Å². The molecule has 2 aromatic heterocycles. The summed E-state index contributed by atoms with van der Waals surface area (Å²) in [6, 6.07) is 4.97. The Hall–Kier alpha value is -4.01. The van der Waals surface area contributed by atoms with Gasteiger partial charge in [0, 0.05) is 37.0 Å². The van der Waals surface area contributed by atoms with Crippen LogP contribution in [-0.2, 0) is 34.0 Å². The molecule has 184 valence electrons. The van der Waals surface area contributed by atoms with Crippen molar-refractivity contribution in [1.82, 2.24) is 19.9 Å². The zero-order chi connectivity index (χ0) is 25.4. The normalized spacial score (nSPS) is 13.2. The van der Waals surface area contributed by atoms with Crippen molar-refractivity contribution in [2.24, 2.45) is 0 Å². The van der Waals surface area contributed by atoms with Gasteiger partial charge in [0.15, 0.2) is 5.82 Å². The van der Waals surface area contributed by atoms with Crippen molar-refractivity contribution >= 4 is 44.9 Å². The molecule has 1 aliphatic heterocycles. The number of sulfonamides is 1. The minimum absolute atomic E-state index is 0.0373. The molecule has 1 aromatic carbocycles. The number of carbonyl (C=O) groups excluding carboxylic acids is 1. The van der Waals surface area contributed by atoms with Crippen molar-refractivity contribution in [3.63, 3.8) is 0 Å². The minimum atomic E-state index is -4.75. The smallest absolute Gasteiger partial charge is 0.364 e. The van der Waals surface area contributed by atoms with Gasteiger partial charge in [0.05, 0.1) is 19.2 Å². The highest BCUT2D eigenvalue weighted by Crippen LogP contribution is 2.35. The van der Waals surface area contributed by atoms with E-state index in [0.29, 0.717) is 17.6 Å². The van der Waals surface area contributed by atoms with Crippen LogP contribution in [0.5, 0.6) is 0 Å². The summed E-state index contributed by atoms with van der Waals surface area (Å²) in [6.07, 6.45) is -0.400. The second-order valence-corrected chi connectivity index (χ2v) is 9.60. The summed E-state index contributed by atoms with van der Waals surface area (Å²) in [6.45, 7) is -0.296. The predicted octanol–water partition coefficient (Wildman–Crippen LogP) is 2.53. The quantitative estimate of drug-likeness (QED) is 0.439. The van der Waals surface area contributed by atoms with Gasteiger partial charge in [-0.2, -0.15) is 18.2 Å². The van der Waals surface area contributed by atoms with Gasteiger partial charge >= 0.3 is 6.18 Å². The summed E-state index contributed by atoms with van der Waals surface area (Å²) >= 11 is 0. The Kier molecular flexibility index (Phi) is 6.19. The Morgan fingerprint density at radius 1 is 1.17 bits per heavy atom. The number of hydrogen-bond donors (Lipinski definition) is 3. The molecule has 0 saturated carbocycles. The summed E-state index contributed by atoms with van der Waals surface area (Å²) < 4.78 is 65.4.